The van der Waals surface area contributed by atoms with Gasteiger partial charge in [0.15, 0.2) is 0 Å². The standard InChI is InChI=1S/C25H25O2P/c1-18-23(26)19(2)25(21-14-8-4-9-15-21)28(27,22-16-10-5-11-17-22)24(18)20-12-6-3-7-13-20/h3-19,24-25H,1-2H3/t18-,19+,24-,25+,28?. The number of carbonyl (C=O) groups is 1. The maximum absolute atomic E-state index is 15.1. The van der Waals surface area contributed by atoms with E-state index in [4.69, 9.17) is 0 Å². The Hall–Kier alpha value is -2.44. The Morgan fingerprint density at radius 2 is 0.964 bits per heavy atom. The lowest BCUT2D eigenvalue weighted by atomic mass is 9.85. The lowest BCUT2D eigenvalue weighted by Crippen LogP contribution is -2.38. The molecule has 1 saturated heterocycles. The van der Waals surface area contributed by atoms with Crippen LogP contribution in [0.3, 0.4) is 0 Å². The highest BCUT2D eigenvalue weighted by Gasteiger charge is 2.55. The fourth-order valence-corrected chi connectivity index (χ4v) is 9.35. The molecule has 1 aliphatic rings. The Kier molecular flexibility index (Phi) is 5.08. The molecular weight excluding hydrogens is 363 g/mol. The summed E-state index contributed by atoms with van der Waals surface area (Å²) < 4.78 is 15.1. The molecule has 1 unspecified atom stereocenters. The molecule has 4 rings (SSSR count). The number of carbonyl (C=O) groups excluding carboxylic acids is 1. The van der Waals surface area contributed by atoms with Gasteiger partial charge in [0.25, 0.3) is 0 Å². The SMILES string of the molecule is C[C@@H]1C(=O)[C@H](C)[C@@H](c2ccccc2)P(=O)(c2ccccc2)[C@H]1c1ccccc1. The Balaban J connectivity index is 2.01. The van der Waals surface area contributed by atoms with Crippen molar-refractivity contribution in [2.24, 2.45) is 11.8 Å². The first-order valence-corrected chi connectivity index (χ1v) is 11.7. The van der Waals surface area contributed by atoms with Crippen LogP contribution in [0.1, 0.15) is 36.3 Å². The fourth-order valence-electron chi connectivity index (χ4n) is 4.87. The molecule has 0 amide bonds. The predicted molar refractivity (Wildman–Crippen MR) is 115 cm³/mol. The van der Waals surface area contributed by atoms with Crippen LogP contribution < -0.4 is 5.30 Å². The van der Waals surface area contributed by atoms with Crippen LogP contribution in [-0.4, -0.2) is 5.78 Å². The van der Waals surface area contributed by atoms with Crippen LogP contribution in [0.25, 0.3) is 0 Å². The third kappa shape index (κ3) is 2.97. The average molecular weight is 388 g/mol. The molecule has 28 heavy (non-hydrogen) atoms. The van der Waals surface area contributed by atoms with Crippen molar-refractivity contribution in [3.8, 4) is 0 Å². The van der Waals surface area contributed by atoms with Gasteiger partial charge in [0.2, 0.25) is 0 Å². The molecule has 0 saturated carbocycles. The second-order valence-corrected chi connectivity index (χ2v) is 10.8. The van der Waals surface area contributed by atoms with Gasteiger partial charge in [0.05, 0.1) is 11.3 Å². The molecule has 0 aliphatic carbocycles. The monoisotopic (exact) mass is 388 g/mol. The number of rotatable bonds is 3. The van der Waals surface area contributed by atoms with E-state index in [1.165, 1.54) is 0 Å². The largest absolute Gasteiger partial charge is 0.317 e. The molecule has 0 spiro atoms. The lowest BCUT2D eigenvalue weighted by Gasteiger charge is -2.45. The molecule has 0 bridgehead atoms. The van der Waals surface area contributed by atoms with Crippen LogP contribution in [0, 0.1) is 11.8 Å². The van der Waals surface area contributed by atoms with E-state index >= 15 is 4.57 Å². The smallest absolute Gasteiger partial charge is 0.140 e. The summed E-state index contributed by atoms with van der Waals surface area (Å²) in [6, 6.07) is 29.7. The number of benzene rings is 3. The van der Waals surface area contributed by atoms with E-state index in [1.54, 1.807) is 0 Å². The van der Waals surface area contributed by atoms with Crippen molar-refractivity contribution in [3.05, 3.63) is 102 Å². The molecule has 5 atom stereocenters. The summed E-state index contributed by atoms with van der Waals surface area (Å²) in [5.41, 5.74) is 1.35. The molecule has 3 heteroatoms. The third-order valence-corrected chi connectivity index (χ3v) is 10.4. The zero-order valence-corrected chi connectivity index (χ0v) is 17.1. The Morgan fingerprint density at radius 1 is 0.607 bits per heavy atom. The zero-order valence-electron chi connectivity index (χ0n) is 16.2. The molecule has 0 N–H and O–H groups in total. The predicted octanol–water partition coefficient (Wildman–Crippen LogP) is 6.01. The molecule has 3 aromatic carbocycles. The van der Waals surface area contributed by atoms with Crippen molar-refractivity contribution in [1.82, 2.24) is 0 Å². The second kappa shape index (κ2) is 7.53. The summed E-state index contributed by atoms with van der Waals surface area (Å²) in [6.07, 6.45) is 0. The van der Waals surface area contributed by atoms with E-state index in [0.717, 1.165) is 16.4 Å². The third-order valence-electron chi connectivity index (χ3n) is 6.11. The van der Waals surface area contributed by atoms with Gasteiger partial charge < -0.3 is 4.57 Å². The van der Waals surface area contributed by atoms with Crippen molar-refractivity contribution in [1.29, 1.82) is 0 Å². The highest BCUT2D eigenvalue weighted by Crippen LogP contribution is 2.74. The molecule has 0 radical (unpaired) electrons. The van der Waals surface area contributed by atoms with Crippen LogP contribution in [0.2, 0.25) is 0 Å². The average Bonchev–Trinajstić information content (AvgIpc) is 2.74. The molecule has 1 fully saturated rings. The summed E-state index contributed by atoms with van der Waals surface area (Å²) in [5, 5.41) is 0.865. The van der Waals surface area contributed by atoms with Gasteiger partial charge in [-0.15, -0.1) is 0 Å². The summed E-state index contributed by atoms with van der Waals surface area (Å²) in [6.45, 7) is 3.90. The fraction of sp³-hybridized carbons (Fsp3) is 0.240. The van der Waals surface area contributed by atoms with Gasteiger partial charge in [0, 0.05) is 17.1 Å². The summed E-state index contributed by atoms with van der Waals surface area (Å²) in [5.74, 6) is -0.378. The zero-order chi connectivity index (χ0) is 19.7. The summed E-state index contributed by atoms with van der Waals surface area (Å²) in [4.78, 5) is 13.3. The normalized spacial score (nSPS) is 30.1. The molecule has 1 heterocycles. The van der Waals surface area contributed by atoms with E-state index < -0.39 is 7.14 Å². The minimum Gasteiger partial charge on any atom is -0.317 e. The van der Waals surface area contributed by atoms with E-state index in [1.807, 2.05) is 105 Å². The molecule has 142 valence electrons. The van der Waals surface area contributed by atoms with Crippen LogP contribution in [0.4, 0.5) is 0 Å². The van der Waals surface area contributed by atoms with Crippen molar-refractivity contribution in [2.45, 2.75) is 25.2 Å². The number of ketones is 1. The number of hydrogen-bond donors (Lipinski definition) is 0. The highest BCUT2D eigenvalue weighted by atomic mass is 31.2. The van der Waals surface area contributed by atoms with Crippen molar-refractivity contribution < 1.29 is 9.36 Å². The first-order chi connectivity index (χ1) is 13.5. The van der Waals surface area contributed by atoms with E-state index in [0.29, 0.717) is 0 Å². The Labute approximate surface area is 167 Å². The first kappa shape index (κ1) is 18.9. The van der Waals surface area contributed by atoms with Gasteiger partial charge in [-0.05, 0) is 11.1 Å². The Morgan fingerprint density at radius 3 is 1.36 bits per heavy atom. The van der Waals surface area contributed by atoms with E-state index in [-0.39, 0.29) is 28.9 Å². The molecule has 3 aromatic rings. The van der Waals surface area contributed by atoms with Crippen molar-refractivity contribution in [2.75, 3.05) is 0 Å². The van der Waals surface area contributed by atoms with Crippen LogP contribution in [0.15, 0.2) is 91.0 Å². The number of hydrogen-bond acceptors (Lipinski definition) is 2. The van der Waals surface area contributed by atoms with Crippen LogP contribution >= 0.6 is 7.14 Å². The van der Waals surface area contributed by atoms with E-state index in [9.17, 15) is 4.79 Å². The van der Waals surface area contributed by atoms with E-state index in [2.05, 4.69) is 0 Å². The first-order valence-electron chi connectivity index (χ1n) is 9.83. The maximum atomic E-state index is 15.1. The second-order valence-electron chi connectivity index (χ2n) is 7.74. The number of Topliss-reactive ketones (excluding diaryl/α,β-unsaturated/α-hetero) is 1. The van der Waals surface area contributed by atoms with Crippen LogP contribution in [0.5, 0.6) is 0 Å². The van der Waals surface area contributed by atoms with Gasteiger partial charge in [-0.3, -0.25) is 4.79 Å². The lowest BCUT2D eigenvalue weighted by molar-refractivity contribution is -0.126. The highest BCUT2D eigenvalue weighted by molar-refractivity contribution is 7.72. The van der Waals surface area contributed by atoms with Crippen LogP contribution in [-0.2, 0) is 9.36 Å². The summed E-state index contributed by atoms with van der Waals surface area (Å²) in [7, 11) is -3.00. The van der Waals surface area contributed by atoms with Gasteiger partial charge in [0.1, 0.15) is 12.9 Å². The van der Waals surface area contributed by atoms with Gasteiger partial charge >= 0.3 is 0 Å². The van der Waals surface area contributed by atoms with Gasteiger partial charge in [-0.1, -0.05) is 105 Å². The van der Waals surface area contributed by atoms with Gasteiger partial charge in [-0.2, -0.15) is 0 Å². The molecular formula is C25H25O2P. The minimum absolute atomic E-state index is 0.199. The maximum Gasteiger partial charge on any atom is 0.140 e. The molecule has 1 aliphatic heterocycles. The summed E-state index contributed by atoms with van der Waals surface area (Å²) >= 11 is 0. The van der Waals surface area contributed by atoms with Crippen molar-refractivity contribution in [3.63, 3.8) is 0 Å². The van der Waals surface area contributed by atoms with Gasteiger partial charge in [-0.25, -0.2) is 0 Å². The van der Waals surface area contributed by atoms with Crippen molar-refractivity contribution >= 4 is 18.2 Å². The topological polar surface area (TPSA) is 34.1 Å². The minimum atomic E-state index is -3.00. The Bertz CT molecular complexity index is 939. The molecule has 0 aromatic heterocycles. The quantitative estimate of drug-likeness (QED) is 0.515. The molecule has 2 nitrogen and oxygen atoms in total.